The summed E-state index contributed by atoms with van der Waals surface area (Å²) in [5, 5.41) is 1.82. The van der Waals surface area contributed by atoms with E-state index in [9.17, 15) is 22.8 Å². The first-order valence-corrected chi connectivity index (χ1v) is 9.65. The Balaban J connectivity index is 1.75. The predicted octanol–water partition coefficient (Wildman–Crippen LogP) is 4.82. The van der Waals surface area contributed by atoms with Crippen LogP contribution in [0.15, 0.2) is 53.5 Å². The van der Waals surface area contributed by atoms with Gasteiger partial charge in [-0.3, -0.25) is 14.6 Å². The number of rotatable bonds is 3. The van der Waals surface area contributed by atoms with E-state index in [0.717, 1.165) is 28.8 Å². The SMILES string of the molecule is CN=C(Nc1ccc(Cl)c(C(F)(F)F)c1)SC1CC(=O)N(c2ccccc2)C1=O. The highest BCUT2D eigenvalue weighted by Gasteiger charge is 2.41. The molecule has 2 amide bonds. The average molecular weight is 442 g/mol. The number of anilines is 2. The van der Waals surface area contributed by atoms with Crippen molar-refractivity contribution < 1.29 is 22.8 Å². The Kier molecular flexibility index (Phi) is 6.18. The maximum Gasteiger partial charge on any atom is 0.417 e. The molecule has 0 saturated carbocycles. The zero-order valence-corrected chi connectivity index (χ0v) is 16.6. The van der Waals surface area contributed by atoms with Crippen LogP contribution in [0.25, 0.3) is 0 Å². The van der Waals surface area contributed by atoms with Crippen molar-refractivity contribution in [1.82, 2.24) is 0 Å². The third kappa shape index (κ3) is 4.73. The first kappa shape index (κ1) is 21.2. The summed E-state index contributed by atoms with van der Waals surface area (Å²) >= 11 is 6.61. The van der Waals surface area contributed by atoms with Gasteiger partial charge in [-0.1, -0.05) is 41.6 Å². The van der Waals surface area contributed by atoms with Crippen molar-refractivity contribution in [2.75, 3.05) is 17.3 Å². The second-order valence-corrected chi connectivity index (χ2v) is 7.66. The molecule has 1 fully saturated rings. The zero-order valence-electron chi connectivity index (χ0n) is 15.0. The minimum Gasteiger partial charge on any atom is -0.335 e. The molecule has 152 valence electrons. The van der Waals surface area contributed by atoms with Gasteiger partial charge < -0.3 is 5.32 Å². The van der Waals surface area contributed by atoms with Crippen LogP contribution in [0.1, 0.15) is 12.0 Å². The molecule has 1 heterocycles. The minimum atomic E-state index is -4.60. The van der Waals surface area contributed by atoms with Crippen molar-refractivity contribution in [3.05, 3.63) is 59.1 Å². The summed E-state index contributed by atoms with van der Waals surface area (Å²) in [6.07, 6.45) is -4.64. The molecular weight excluding hydrogens is 427 g/mol. The van der Waals surface area contributed by atoms with Gasteiger partial charge in [0.25, 0.3) is 0 Å². The molecular formula is C19H15ClF3N3O2S. The molecule has 1 saturated heterocycles. The number of imide groups is 1. The molecule has 10 heteroatoms. The Morgan fingerprint density at radius 3 is 2.52 bits per heavy atom. The number of carbonyl (C=O) groups is 2. The molecule has 1 atom stereocenters. The number of hydrogen-bond acceptors (Lipinski definition) is 4. The third-order valence-corrected chi connectivity index (χ3v) is 5.59. The molecule has 0 bridgehead atoms. The standard InChI is InChI=1S/C19H15ClF3N3O2S/c1-24-18(25-11-7-8-14(20)13(9-11)19(21,22)23)29-15-10-16(27)26(17(15)28)12-5-3-2-4-6-12/h2-9,15H,10H2,1H3,(H,24,25). The summed E-state index contributed by atoms with van der Waals surface area (Å²) in [6.45, 7) is 0. The molecule has 1 N–H and O–H groups in total. The van der Waals surface area contributed by atoms with Crippen LogP contribution in [0, 0.1) is 0 Å². The van der Waals surface area contributed by atoms with Crippen molar-refractivity contribution >= 4 is 51.7 Å². The van der Waals surface area contributed by atoms with Crippen LogP contribution in [-0.2, 0) is 15.8 Å². The van der Waals surface area contributed by atoms with Crippen LogP contribution in [0.5, 0.6) is 0 Å². The van der Waals surface area contributed by atoms with E-state index >= 15 is 0 Å². The first-order valence-electron chi connectivity index (χ1n) is 8.39. The molecule has 0 aromatic heterocycles. The zero-order chi connectivity index (χ0) is 21.2. The number of para-hydroxylation sites is 1. The highest BCUT2D eigenvalue weighted by molar-refractivity contribution is 8.15. The van der Waals surface area contributed by atoms with Gasteiger partial charge in [0, 0.05) is 19.2 Å². The van der Waals surface area contributed by atoms with E-state index in [0.29, 0.717) is 5.69 Å². The van der Waals surface area contributed by atoms with Gasteiger partial charge in [0.1, 0.15) is 5.25 Å². The highest BCUT2D eigenvalue weighted by atomic mass is 35.5. The maximum absolute atomic E-state index is 13.0. The number of nitrogens with zero attached hydrogens (tertiary/aromatic N) is 2. The van der Waals surface area contributed by atoms with Crippen LogP contribution in [-0.4, -0.2) is 29.3 Å². The van der Waals surface area contributed by atoms with Crippen LogP contribution < -0.4 is 10.2 Å². The lowest BCUT2D eigenvalue weighted by Crippen LogP contribution is -2.31. The highest BCUT2D eigenvalue weighted by Crippen LogP contribution is 2.37. The summed E-state index contributed by atoms with van der Waals surface area (Å²) in [6, 6.07) is 11.9. The molecule has 29 heavy (non-hydrogen) atoms. The van der Waals surface area contributed by atoms with E-state index in [-0.39, 0.29) is 23.2 Å². The van der Waals surface area contributed by atoms with Crippen molar-refractivity contribution in [2.45, 2.75) is 17.8 Å². The molecule has 1 unspecified atom stereocenters. The minimum absolute atomic E-state index is 0.0342. The van der Waals surface area contributed by atoms with Gasteiger partial charge in [0.15, 0.2) is 5.17 Å². The Morgan fingerprint density at radius 1 is 1.21 bits per heavy atom. The van der Waals surface area contributed by atoms with Crippen molar-refractivity contribution in [2.24, 2.45) is 4.99 Å². The van der Waals surface area contributed by atoms with Gasteiger partial charge in [-0.05, 0) is 30.3 Å². The fourth-order valence-corrected chi connectivity index (χ4v) is 3.97. The van der Waals surface area contributed by atoms with E-state index in [1.165, 1.54) is 13.1 Å². The molecule has 3 rings (SSSR count). The van der Waals surface area contributed by atoms with Gasteiger partial charge in [0.05, 0.1) is 16.3 Å². The predicted molar refractivity (Wildman–Crippen MR) is 108 cm³/mol. The fourth-order valence-electron chi connectivity index (χ4n) is 2.76. The van der Waals surface area contributed by atoms with Gasteiger partial charge in [-0.25, -0.2) is 4.90 Å². The topological polar surface area (TPSA) is 61.8 Å². The van der Waals surface area contributed by atoms with E-state index in [4.69, 9.17) is 11.6 Å². The summed E-state index contributed by atoms with van der Waals surface area (Å²) in [5.74, 6) is -0.749. The smallest absolute Gasteiger partial charge is 0.335 e. The summed E-state index contributed by atoms with van der Waals surface area (Å²) in [5.41, 5.74) is -0.389. The lowest BCUT2D eigenvalue weighted by atomic mass is 10.2. The van der Waals surface area contributed by atoms with Crippen molar-refractivity contribution in [1.29, 1.82) is 0 Å². The lowest BCUT2D eigenvalue weighted by Gasteiger charge is -2.16. The van der Waals surface area contributed by atoms with Crippen LogP contribution in [0.4, 0.5) is 24.5 Å². The van der Waals surface area contributed by atoms with E-state index in [1.807, 2.05) is 0 Å². The average Bonchev–Trinajstić information content (AvgIpc) is 2.95. The monoisotopic (exact) mass is 441 g/mol. The second kappa shape index (κ2) is 8.46. The van der Waals surface area contributed by atoms with Gasteiger partial charge in [-0.2, -0.15) is 13.2 Å². The number of hydrogen-bond donors (Lipinski definition) is 1. The van der Waals surface area contributed by atoms with Crippen molar-refractivity contribution in [3.63, 3.8) is 0 Å². The first-order chi connectivity index (χ1) is 13.7. The van der Waals surface area contributed by atoms with Gasteiger partial charge in [-0.15, -0.1) is 0 Å². The number of amides is 2. The largest absolute Gasteiger partial charge is 0.417 e. The van der Waals surface area contributed by atoms with E-state index < -0.39 is 27.9 Å². The molecule has 0 radical (unpaired) electrons. The molecule has 2 aromatic carbocycles. The molecule has 2 aromatic rings. The fraction of sp³-hybridized carbons (Fsp3) is 0.211. The second-order valence-electron chi connectivity index (χ2n) is 6.06. The summed E-state index contributed by atoms with van der Waals surface area (Å²) in [7, 11) is 1.44. The molecule has 1 aliphatic rings. The Labute approximate surface area is 173 Å². The van der Waals surface area contributed by atoms with Crippen LogP contribution in [0.3, 0.4) is 0 Å². The Bertz CT molecular complexity index is 967. The Morgan fingerprint density at radius 2 is 1.90 bits per heavy atom. The van der Waals surface area contributed by atoms with Crippen molar-refractivity contribution in [3.8, 4) is 0 Å². The number of thioether (sulfide) groups is 1. The van der Waals surface area contributed by atoms with Gasteiger partial charge in [0.2, 0.25) is 11.8 Å². The number of halogens is 4. The molecule has 1 aliphatic heterocycles. The number of nitrogens with one attached hydrogen (secondary N) is 1. The van der Waals surface area contributed by atoms with E-state index in [1.54, 1.807) is 30.3 Å². The Hall–Kier alpha value is -2.52. The lowest BCUT2D eigenvalue weighted by molar-refractivity contribution is -0.137. The molecule has 0 aliphatic carbocycles. The maximum atomic E-state index is 13.0. The van der Waals surface area contributed by atoms with Crippen LogP contribution >= 0.6 is 23.4 Å². The number of carbonyl (C=O) groups excluding carboxylic acids is 2. The molecule has 5 nitrogen and oxygen atoms in total. The number of aliphatic imine (C=N–C) groups is 1. The number of benzene rings is 2. The normalized spacial score (nSPS) is 17.8. The van der Waals surface area contributed by atoms with Crippen LogP contribution in [0.2, 0.25) is 5.02 Å². The van der Waals surface area contributed by atoms with Gasteiger partial charge >= 0.3 is 6.18 Å². The summed E-state index contributed by atoms with van der Waals surface area (Å²) in [4.78, 5) is 30.1. The summed E-state index contributed by atoms with van der Waals surface area (Å²) < 4.78 is 39.1. The quantitative estimate of drug-likeness (QED) is 0.421. The number of amidine groups is 1. The van der Waals surface area contributed by atoms with E-state index in [2.05, 4.69) is 10.3 Å². The molecule has 0 spiro atoms. The number of alkyl halides is 3. The third-order valence-electron chi connectivity index (χ3n) is 4.10.